The predicted molar refractivity (Wildman–Crippen MR) is 103 cm³/mol. The molecule has 0 saturated heterocycles. The fourth-order valence-corrected chi connectivity index (χ4v) is 3.16. The molecule has 128 valence electrons. The topological polar surface area (TPSA) is 46.9 Å². The van der Waals surface area contributed by atoms with Gasteiger partial charge < -0.3 is 5.32 Å². The molecule has 0 fully saturated rings. The van der Waals surface area contributed by atoms with Crippen LogP contribution in [0.2, 0.25) is 5.15 Å². The third-order valence-corrected chi connectivity index (χ3v) is 4.61. The first kappa shape index (κ1) is 18.6. The summed E-state index contributed by atoms with van der Waals surface area (Å²) in [5.74, 6) is 0.258. The van der Waals surface area contributed by atoms with E-state index in [1.54, 1.807) is 22.5 Å². The molecule has 1 heterocycles. The minimum Gasteiger partial charge on any atom is -0.321 e. The SMILES string of the molecule is CSc1ccccc1NC(=O)/C=C/c1c(C)nn(CC(C)C)c1Cl. The first-order valence-electron chi connectivity index (χ1n) is 7.77. The van der Waals surface area contributed by atoms with Crippen LogP contribution in [0.15, 0.2) is 35.2 Å². The second-order valence-electron chi connectivity index (χ2n) is 5.89. The van der Waals surface area contributed by atoms with Crippen molar-refractivity contribution in [3.05, 3.63) is 46.8 Å². The third kappa shape index (κ3) is 4.65. The lowest BCUT2D eigenvalue weighted by atomic mass is 10.2. The molecule has 1 aromatic heterocycles. The van der Waals surface area contributed by atoms with Gasteiger partial charge in [-0.2, -0.15) is 5.10 Å². The average molecular weight is 364 g/mol. The summed E-state index contributed by atoms with van der Waals surface area (Å²) in [6.45, 7) is 6.86. The normalized spacial score (nSPS) is 11.4. The maximum Gasteiger partial charge on any atom is 0.248 e. The van der Waals surface area contributed by atoms with E-state index >= 15 is 0 Å². The van der Waals surface area contributed by atoms with Crippen LogP contribution < -0.4 is 5.32 Å². The number of carbonyl (C=O) groups excluding carboxylic acids is 1. The van der Waals surface area contributed by atoms with Crippen LogP contribution in [0.4, 0.5) is 5.69 Å². The Morgan fingerprint density at radius 2 is 2.12 bits per heavy atom. The van der Waals surface area contributed by atoms with Crippen LogP contribution in [0.25, 0.3) is 6.08 Å². The maximum atomic E-state index is 12.2. The first-order chi connectivity index (χ1) is 11.4. The number of halogens is 1. The van der Waals surface area contributed by atoms with Crippen LogP contribution in [0.3, 0.4) is 0 Å². The van der Waals surface area contributed by atoms with E-state index in [0.717, 1.165) is 28.4 Å². The molecule has 2 rings (SSSR count). The van der Waals surface area contributed by atoms with Crippen molar-refractivity contribution in [1.29, 1.82) is 0 Å². The molecule has 1 N–H and O–H groups in total. The molecule has 24 heavy (non-hydrogen) atoms. The summed E-state index contributed by atoms with van der Waals surface area (Å²) < 4.78 is 1.78. The van der Waals surface area contributed by atoms with E-state index in [0.29, 0.717) is 11.1 Å². The number of nitrogens with one attached hydrogen (secondary N) is 1. The minimum atomic E-state index is -0.191. The second kappa shape index (κ2) is 8.40. The van der Waals surface area contributed by atoms with Gasteiger partial charge in [0.1, 0.15) is 5.15 Å². The van der Waals surface area contributed by atoms with Gasteiger partial charge in [-0.25, -0.2) is 0 Å². The van der Waals surface area contributed by atoms with E-state index in [2.05, 4.69) is 24.3 Å². The van der Waals surface area contributed by atoms with Crippen LogP contribution in [-0.2, 0) is 11.3 Å². The molecule has 0 radical (unpaired) electrons. The third-order valence-electron chi connectivity index (χ3n) is 3.41. The molecule has 0 aliphatic carbocycles. The number of anilines is 1. The highest BCUT2D eigenvalue weighted by molar-refractivity contribution is 7.98. The molecule has 1 aromatic carbocycles. The van der Waals surface area contributed by atoms with Gasteiger partial charge in [0.15, 0.2) is 0 Å². The Labute approximate surface area is 152 Å². The van der Waals surface area contributed by atoms with Gasteiger partial charge in [0.2, 0.25) is 5.91 Å². The number of hydrogen-bond donors (Lipinski definition) is 1. The molecule has 0 aliphatic rings. The van der Waals surface area contributed by atoms with Gasteiger partial charge in [0.05, 0.1) is 11.4 Å². The summed E-state index contributed by atoms with van der Waals surface area (Å²) in [7, 11) is 0. The molecule has 2 aromatic rings. The van der Waals surface area contributed by atoms with E-state index in [4.69, 9.17) is 11.6 Å². The van der Waals surface area contributed by atoms with Gasteiger partial charge in [-0.15, -0.1) is 11.8 Å². The number of para-hydroxylation sites is 1. The Bertz CT molecular complexity index is 753. The Hall–Kier alpha value is -1.72. The second-order valence-corrected chi connectivity index (χ2v) is 7.09. The molecule has 0 spiro atoms. The van der Waals surface area contributed by atoms with Gasteiger partial charge in [-0.3, -0.25) is 9.48 Å². The highest BCUT2D eigenvalue weighted by atomic mass is 35.5. The number of nitrogens with zero attached hydrogens (tertiary/aromatic N) is 2. The van der Waals surface area contributed by atoms with Crippen LogP contribution >= 0.6 is 23.4 Å². The summed E-state index contributed by atoms with van der Waals surface area (Å²) in [5.41, 5.74) is 2.40. The lowest BCUT2D eigenvalue weighted by molar-refractivity contribution is -0.111. The smallest absolute Gasteiger partial charge is 0.248 e. The van der Waals surface area contributed by atoms with Gasteiger partial charge in [-0.05, 0) is 37.3 Å². The van der Waals surface area contributed by atoms with Gasteiger partial charge >= 0.3 is 0 Å². The van der Waals surface area contributed by atoms with E-state index in [9.17, 15) is 4.79 Å². The fourth-order valence-electron chi connectivity index (χ4n) is 2.30. The van der Waals surface area contributed by atoms with Crippen molar-refractivity contribution in [2.24, 2.45) is 5.92 Å². The molecule has 0 aliphatic heterocycles. The summed E-state index contributed by atoms with van der Waals surface area (Å²) in [5, 5.41) is 7.90. The highest BCUT2D eigenvalue weighted by Crippen LogP contribution is 2.25. The molecular weight excluding hydrogens is 342 g/mol. The van der Waals surface area contributed by atoms with Crippen LogP contribution in [0.5, 0.6) is 0 Å². The number of carbonyl (C=O) groups is 1. The van der Waals surface area contributed by atoms with Gasteiger partial charge in [-0.1, -0.05) is 37.6 Å². The van der Waals surface area contributed by atoms with Crippen LogP contribution in [0.1, 0.15) is 25.1 Å². The number of thioether (sulfide) groups is 1. The van der Waals surface area contributed by atoms with Crippen molar-refractivity contribution < 1.29 is 4.79 Å². The molecule has 4 nitrogen and oxygen atoms in total. The van der Waals surface area contributed by atoms with Crippen molar-refractivity contribution in [2.75, 3.05) is 11.6 Å². The lowest BCUT2D eigenvalue weighted by Gasteiger charge is -2.07. The molecule has 1 amide bonds. The summed E-state index contributed by atoms with van der Waals surface area (Å²) in [6.07, 6.45) is 5.19. The average Bonchev–Trinajstić information content (AvgIpc) is 2.79. The van der Waals surface area contributed by atoms with Crippen LogP contribution in [0, 0.1) is 12.8 Å². The van der Waals surface area contributed by atoms with E-state index < -0.39 is 0 Å². The number of rotatable bonds is 6. The number of benzene rings is 1. The highest BCUT2D eigenvalue weighted by Gasteiger charge is 2.12. The number of amides is 1. The van der Waals surface area contributed by atoms with Gasteiger partial charge in [0, 0.05) is 23.1 Å². The van der Waals surface area contributed by atoms with Gasteiger partial charge in [0.25, 0.3) is 0 Å². The molecule has 0 unspecified atom stereocenters. The Balaban J connectivity index is 2.13. The van der Waals surface area contributed by atoms with Crippen molar-refractivity contribution in [1.82, 2.24) is 9.78 Å². The summed E-state index contributed by atoms with van der Waals surface area (Å²) in [4.78, 5) is 13.2. The summed E-state index contributed by atoms with van der Waals surface area (Å²) >= 11 is 7.97. The predicted octanol–water partition coefficient (Wildman–Crippen LogP) is 4.87. The molecule has 0 saturated carbocycles. The molecule has 6 heteroatoms. The number of aromatic nitrogens is 2. The van der Waals surface area contributed by atoms with Crippen molar-refractivity contribution in [2.45, 2.75) is 32.2 Å². The minimum absolute atomic E-state index is 0.191. The van der Waals surface area contributed by atoms with Crippen molar-refractivity contribution in [3.63, 3.8) is 0 Å². The Morgan fingerprint density at radius 3 is 2.79 bits per heavy atom. The zero-order valence-electron chi connectivity index (χ0n) is 14.3. The quantitative estimate of drug-likeness (QED) is 0.588. The zero-order valence-corrected chi connectivity index (χ0v) is 15.9. The number of hydrogen-bond acceptors (Lipinski definition) is 3. The Kier molecular flexibility index (Phi) is 6.52. The molecular formula is C18H22ClN3OS. The number of aryl methyl sites for hydroxylation is 1. The Morgan fingerprint density at radius 1 is 1.42 bits per heavy atom. The van der Waals surface area contributed by atoms with Crippen LogP contribution in [-0.4, -0.2) is 21.9 Å². The first-order valence-corrected chi connectivity index (χ1v) is 9.37. The van der Waals surface area contributed by atoms with Crippen molar-refractivity contribution >= 4 is 41.0 Å². The van der Waals surface area contributed by atoms with Crippen molar-refractivity contribution in [3.8, 4) is 0 Å². The molecule has 0 atom stereocenters. The largest absolute Gasteiger partial charge is 0.321 e. The standard InChI is InChI=1S/C18H22ClN3OS/c1-12(2)11-22-18(19)14(13(3)21-22)9-10-17(23)20-15-7-5-6-8-16(15)24-4/h5-10,12H,11H2,1-4H3,(H,20,23)/b10-9+. The maximum absolute atomic E-state index is 12.2. The fraction of sp³-hybridized carbons (Fsp3) is 0.333. The van der Waals surface area contributed by atoms with E-state index in [1.807, 2.05) is 37.4 Å². The summed E-state index contributed by atoms with van der Waals surface area (Å²) in [6, 6.07) is 7.71. The monoisotopic (exact) mass is 363 g/mol. The zero-order chi connectivity index (χ0) is 17.7. The van der Waals surface area contributed by atoms with E-state index in [1.165, 1.54) is 6.08 Å². The lowest BCUT2D eigenvalue weighted by Crippen LogP contribution is -2.08. The van der Waals surface area contributed by atoms with E-state index in [-0.39, 0.29) is 5.91 Å². The molecule has 0 bridgehead atoms.